The molecule has 0 saturated carbocycles. The van der Waals surface area contributed by atoms with Crippen molar-refractivity contribution in [2.24, 2.45) is 0 Å². The molecular weight excluding hydrogens is 257 g/mol. The first-order valence-corrected chi connectivity index (χ1v) is 6.59. The lowest BCUT2D eigenvalue weighted by molar-refractivity contribution is 0.161. The fourth-order valence-corrected chi connectivity index (χ4v) is 2.12. The molecule has 2 nitrogen and oxygen atoms in total. The molecule has 1 atom stereocenters. The molecule has 0 radical (unpaired) electrons. The van der Waals surface area contributed by atoms with E-state index in [-0.39, 0.29) is 0 Å². The number of benzene rings is 1. The van der Waals surface area contributed by atoms with Crippen molar-refractivity contribution in [3.8, 4) is 0 Å². The minimum Gasteiger partial charge on any atom is -0.383 e. The van der Waals surface area contributed by atoms with E-state index < -0.39 is 0 Å². The maximum atomic E-state index is 6.13. The monoisotopic (exact) mass is 275 g/mol. The number of hydrogen-bond donors (Lipinski definition) is 1. The molecule has 0 spiro atoms. The van der Waals surface area contributed by atoms with E-state index in [2.05, 4.69) is 12.2 Å². The van der Waals surface area contributed by atoms with Gasteiger partial charge in [0.1, 0.15) is 0 Å². The van der Waals surface area contributed by atoms with Gasteiger partial charge in [0.25, 0.3) is 0 Å². The molecule has 1 rings (SSSR count). The maximum Gasteiger partial charge on any atom is 0.0637 e. The van der Waals surface area contributed by atoms with Crippen LogP contribution in [0.25, 0.3) is 0 Å². The highest BCUT2D eigenvalue weighted by molar-refractivity contribution is 6.42. The summed E-state index contributed by atoms with van der Waals surface area (Å²) < 4.78 is 5.18. The van der Waals surface area contributed by atoms with Crippen molar-refractivity contribution in [1.82, 2.24) is 5.32 Å². The first-order valence-electron chi connectivity index (χ1n) is 5.84. The Morgan fingerprint density at radius 1 is 1.35 bits per heavy atom. The van der Waals surface area contributed by atoms with Gasteiger partial charge in [-0.05, 0) is 18.1 Å². The maximum absolute atomic E-state index is 6.13. The summed E-state index contributed by atoms with van der Waals surface area (Å²) in [4.78, 5) is 0. The number of nitrogens with one attached hydrogen (secondary N) is 1. The van der Waals surface area contributed by atoms with Crippen molar-refractivity contribution in [3.63, 3.8) is 0 Å². The van der Waals surface area contributed by atoms with Gasteiger partial charge in [0, 0.05) is 19.7 Å². The molecule has 0 heterocycles. The van der Waals surface area contributed by atoms with Crippen LogP contribution in [0.15, 0.2) is 18.2 Å². The summed E-state index contributed by atoms with van der Waals surface area (Å²) in [6, 6.07) is 6.06. The van der Waals surface area contributed by atoms with Crippen molar-refractivity contribution < 1.29 is 4.74 Å². The molecule has 1 N–H and O–H groups in total. The summed E-state index contributed by atoms with van der Waals surface area (Å²) in [5.41, 5.74) is 1.02. The normalized spacial score (nSPS) is 12.7. The highest BCUT2D eigenvalue weighted by Crippen LogP contribution is 2.25. The predicted molar refractivity (Wildman–Crippen MR) is 73.9 cm³/mol. The quantitative estimate of drug-likeness (QED) is 0.815. The highest BCUT2D eigenvalue weighted by atomic mass is 35.5. The second-order valence-corrected chi connectivity index (χ2v) is 4.82. The van der Waals surface area contributed by atoms with Crippen molar-refractivity contribution in [2.45, 2.75) is 32.4 Å². The Morgan fingerprint density at radius 2 is 2.12 bits per heavy atom. The largest absolute Gasteiger partial charge is 0.383 e. The van der Waals surface area contributed by atoms with Crippen LogP contribution in [-0.2, 0) is 11.3 Å². The van der Waals surface area contributed by atoms with Gasteiger partial charge in [-0.3, -0.25) is 0 Å². The summed E-state index contributed by atoms with van der Waals surface area (Å²) in [6.45, 7) is 3.59. The van der Waals surface area contributed by atoms with Crippen LogP contribution in [0.3, 0.4) is 0 Å². The van der Waals surface area contributed by atoms with Gasteiger partial charge in [0.05, 0.1) is 16.7 Å². The van der Waals surface area contributed by atoms with E-state index in [1.807, 2.05) is 12.1 Å². The van der Waals surface area contributed by atoms with Crippen molar-refractivity contribution >= 4 is 23.2 Å². The minimum absolute atomic E-state index is 0.361. The smallest absolute Gasteiger partial charge is 0.0637 e. The van der Waals surface area contributed by atoms with Crippen LogP contribution < -0.4 is 5.32 Å². The molecule has 1 aromatic rings. The summed E-state index contributed by atoms with van der Waals surface area (Å²) in [5, 5.41) is 4.67. The Hall–Kier alpha value is -0.280. The molecule has 0 fully saturated rings. The molecule has 0 aliphatic carbocycles. The number of halogens is 2. The third-order valence-corrected chi connectivity index (χ3v) is 3.48. The number of ether oxygens (including phenoxy) is 1. The zero-order chi connectivity index (χ0) is 12.7. The zero-order valence-electron chi connectivity index (χ0n) is 10.3. The van der Waals surface area contributed by atoms with Crippen LogP contribution in [0, 0.1) is 0 Å². The van der Waals surface area contributed by atoms with E-state index >= 15 is 0 Å². The number of methoxy groups -OCH3 is 1. The summed E-state index contributed by atoms with van der Waals surface area (Å²) >= 11 is 12.1. The summed E-state index contributed by atoms with van der Waals surface area (Å²) in [6.07, 6.45) is 2.22. The van der Waals surface area contributed by atoms with E-state index in [0.29, 0.717) is 29.2 Å². The molecular formula is C13H19Cl2NO. The van der Waals surface area contributed by atoms with E-state index in [1.54, 1.807) is 13.2 Å². The van der Waals surface area contributed by atoms with Gasteiger partial charge in [-0.2, -0.15) is 0 Å². The lowest BCUT2D eigenvalue weighted by Crippen LogP contribution is -2.32. The van der Waals surface area contributed by atoms with E-state index in [1.165, 1.54) is 0 Å². The number of rotatable bonds is 7. The average molecular weight is 276 g/mol. The van der Waals surface area contributed by atoms with Crippen molar-refractivity contribution in [2.75, 3.05) is 13.7 Å². The van der Waals surface area contributed by atoms with E-state index in [9.17, 15) is 0 Å². The Balaban J connectivity index is 2.55. The van der Waals surface area contributed by atoms with Crippen molar-refractivity contribution in [1.29, 1.82) is 0 Å². The topological polar surface area (TPSA) is 21.3 Å². The standard InChI is InChI=1S/C13H19Cl2NO/c1-3-5-11(9-17-2)16-8-10-6-4-7-12(14)13(10)15/h4,6-7,11,16H,3,5,8-9H2,1-2H3. The molecule has 1 unspecified atom stereocenters. The summed E-state index contributed by atoms with van der Waals surface area (Å²) in [5.74, 6) is 0. The van der Waals surface area contributed by atoms with Gasteiger partial charge < -0.3 is 10.1 Å². The van der Waals surface area contributed by atoms with E-state index in [4.69, 9.17) is 27.9 Å². The van der Waals surface area contributed by atoms with Gasteiger partial charge in [-0.25, -0.2) is 0 Å². The molecule has 96 valence electrons. The van der Waals surface area contributed by atoms with Crippen LogP contribution >= 0.6 is 23.2 Å². The molecule has 0 bridgehead atoms. The first-order chi connectivity index (χ1) is 8.19. The second kappa shape index (κ2) is 7.93. The van der Waals surface area contributed by atoms with Crippen molar-refractivity contribution in [3.05, 3.63) is 33.8 Å². The zero-order valence-corrected chi connectivity index (χ0v) is 11.8. The second-order valence-electron chi connectivity index (χ2n) is 4.03. The molecule has 17 heavy (non-hydrogen) atoms. The fraction of sp³-hybridized carbons (Fsp3) is 0.538. The Morgan fingerprint density at radius 3 is 2.76 bits per heavy atom. The first kappa shape index (κ1) is 14.8. The third-order valence-electron chi connectivity index (χ3n) is 2.62. The Labute approximate surface area is 113 Å². The predicted octanol–water partition coefficient (Wildman–Crippen LogP) is 3.90. The van der Waals surface area contributed by atoms with Crippen LogP contribution in [0.4, 0.5) is 0 Å². The van der Waals surface area contributed by atoms with Crippen LogP contribution in [0.1, 0.15) is 25.3 Å². The molecule has 0 aliphatic rings. The highest BCUT2D eigenvalue weighted by Gasteiger charge is 2.09. The SMILES string of the molecule is CCCC(COC)NCc1cccc(Cl)c1Cl. The lowest BCUT2D eigenvalue weighted by atomic mass is 10.1. The lowest BCUT2D eigenvalue weighted by Gasteiger charge is -2.17. The minimum atomic E-state index is 0.361. The Bertz CT molecular complexity index is 338. The van der Waals surface area contributed by atoms with Gasteiger partial charge >= 0.3 is 0 Å². The van der Waals surface area contributed by atoms with Gasteiger partial charge in [-0.1, -0.05) is 48.7 Å². The number of hydrogen-bond acceptors (Lipinski definition) is 2. The molecule has 1 aromatic carbocycles. The van der Waals surface area contributed by atoms with Crippen LogP contribution in [0.2, 0.25) is 10.0 Å². The molecule has 4 heteroatoms. The molecule has 0 amide bonds. The van der Waals surface area contributed by atoms with Gasteiger partial charge in [-0.15, -0.1) is 0 Å². The summed E-state index contributed by atoms with van der Waals surface area (Å²) in [7, 11) is 1.72. The fourth-order valence-electron chi connectivity index (χ4n) is 1.73. The molecule has 0 aliphatic heterocycles. The van der Waals surface area contributed by atoms with Gasteiger partial charge in [0.2, 0.25) is 0 Å². The molecule has 0 saturated heterocycles. The Kier molecular flexibility index (Phi) is 6.90. The van der Waals surface area contributed by atoms with Crippen LogP contribution in [0.5, 0.6) is 0 Å². The third kappa shape index (κ3) is 4.84. The average Bonchev–Trinajstić information content (AvgIpc) is 2.31. The van der Waals surface area contributed by atoms with Gasteiger partial charge in [0.15, 0.2) is 0 Å². The van der Waals surface area contributed by atoms with Crippen LogP contribution in [-0.4, -0.2) is 19.8 Å². The van der Waals surface area contributed by atoms with E-state index in [0.717, 1.165) is 18.4 Å². The molecule has 0 aromatic heterocycles.